The first-order valence-electron chi connectivity index (χ1n) is 6.84. The lowest BCUT2D eigenvalue weighted by Gasteiger charge is -2.29. The van der Waals surface area contributed by atoms with Crippen molar-refractivity contribution in [3.63, 3.8) is 0 Å². The van der Waals surface area contributed by atoms with Crippen LogP contribution in [0, 0.1) is 5.92 Å². The molecule has 1 N–H and O–H groups in total. The predicted octanol–water partition coefficient (Wildman–Crippen LogP) is 2.95. The Morgan fingerprint density at radius 2 is 1.89 bits per heavy atom. The molecule has 4 nitrogen and oxygen atoms in total. The molecule has 0 radical (unpaired) electrons. The Hall–Kier alpha value is -1.32. The molecule has 1 heterocycles. The highest BCUT2D eigenvalue weighted by molar-refractivity contribution is 5.49. The van der Waals surface area contributed by atoms with Gasteiger partial charge in [0.1, 0.15) is 17.5 Å². The summed E-state index contributed by atoms with van der Waals surface area (Å²) in [6.07, 6.45) is 0.857. The van der Waals surface area contributed by atoms with Crippen LogP contribution >= 0.6 is 0 Å². The topological polar surface area (TPSA) is 41.0 Å². The van der Waals surface area contributed by atoms with Crippen LogP contribution in [0.15, 0.2) is 6.07 Å². The Balaban J connectivity index is 3.03. The summed E-state index contributed by atoms with van der Waals surface area (Å²) in [5.41, 5.74) is 0. The molecule has 4 heteroatoms. The summed E-state index contributed by atoms with van der Waals surface area (Å²) in [6, 6.07) is 2.49. The van der Waals surface area contributed by atoms with Crippen molar-refractivity contribution in [3.05, 3.63) is 11.9 Å². The van der Waals surface area contributed by atoms with Gasteiger partial charge in [-0.05, 0) is 19.8 Å². The second-order valence-corrected chi connectivity index (χ2v) is 5.01. The Morgan fingerprint density at radius 1 is 1.22 bits per heavy atom. The first kappa shape index (κ1) is 14.7. The molecule has 1 rings (SSSR count). The first-order valence-corrected chi connectivity index (χ1v) is 6.84. The summed E-state index contributed by atoms with van der Waals surface area (Å²) in [5.74, 6) is 3.41. The van der Waals surface area contributed by atoms with E-state index in [0.29, 0.717) is 12.0 Å². The van der Waals surface area contributed by atoms with E-state index in [1.54, 1.807) is 0 Å². The van der Waals surface area contributed by atoms with E-state index < -0.39 is 0 Å². The molecule has 1 aromatic heterocycles. The predicted molar refractivity (Wildman–Crippen MR) is 78.3 cm³/mol. The lowest BCUT2D eigenvalue weighted by Crippen LogP contribution is -2.34. The van der Waals surface area contributed by atoms with Gasteiger partial charge in [-0.3, -0.25) is 0 Å². The van der Waals surface area contributed by atoms with Crippen LogP contribution < -0.4 is 10.2 Å². The Kier molecular flexibility index (Phi) is 5.38. The molecule has 0 amide bonds. The van der Waals surface area contributed by atoms with Crippen molar-refractivity contribution in [2.24, 2.45) is 5.92 Å². The van der Waals surface area contributed by atoms with Crippen LogP contribution in [-0.2, 0) is 6.42 Å². The number of aromatic nitrogens is 2. The molecular weight excluding hydrogens is 224 g/mol. The van der Waals surface area contributed by atoms with Gasteiger partial charge >= 0.3 is 0 Å². The van der Waals surface area contributed by atoms with Gasteiger partial charge in [0.25, 0.3) is 0 Å². The molecule has 0 bridgehead atoms. The summed E-state index contributed by atoms with van der Waals surface area (Å²) in [5, 5.41) is 3.27. The number of anilines is 2. The van der Waals surface area contributed by atoms with Crippen LogP contribution in [0.2, 0.25) is 0 Å². The van der Waals surface area contributed by atoms with Crippen molar-refractivity contribution in [1.82, 2.24) is 9.97 Å². The molecule has 1 aromatic rings. The van der Waals surface area contributed by atoms with E-state index in [1.165, 1.54) is 0 Å². The van der Waals surface area contributed by atoms with Crippen molar-refractivity contribution < 1.29 is 0 Å². The molecule has 102 valence electrons. The third-order valence-corrected chi connectivity index (χ3v) is 3.37. The second kappa shape index (κ2) is 6.57. The third-order valence-electron chi connectivity index (χ3n) is 3.37. The highest BCUT2D eigenvalue weighted by atomic mass is 15.2. The van der Waals surface area contributed by atoms with Gasteiger partial charge in [-0.25, -0.2) is 9.97 Å². The fourth-order valence-corrected chi connectivity index (χ4v) is 1.75. The van der Waals surface area contributed by atoms with Crippen LogP contribution in [0.5, 0.6) is 0 Å². The highest BCUT2D eigenvalue weighted by Gasteiger charge is 2.16. The summed E-state index contributed by atoms with van der Waals surface area (Å²) in [7, 11) is 2.10. The quantitative estimate of drug-likeness (QED) is 0.843. The molecule has 0 spiro atoms. The van der Waals surface area contributed by atoms with Gasteiger partial charge in [0, 0.05) is 32.1 Å². The summed E-state index contributed by atoms with van der Waals surface area (Å²) < 4.78 is 0. The van der Waals surface area contributed by atoms with Gasteiger partial charge in [0.05, 0.1) is 0 Å². The van der Waals surface area contributed by atoms with Crippen molar-refractivity contribution in [2.45, 2.75) is 47.1 Å². The van der Waals surface area contributed by atoms with Gasteiger partial charge in [-0.15, -0.1) is 0 Å². The largest absolute Gasteiger partial charge is 0.370 e. The lowest BCUT2D eigenvalue weighted by molar-refractivity contribution is 0.502. The molecule has 1 unspecified atom stereocenters. The van der Waals surface area contributed by atoms with E-state index in [1.807, 2.05) is 6.07 Å². The smallest absolute Gasteiger partial charge is 0.134 e. The maximum absolute atomic E-state index is 4.61. The molecule has 0 aliphatic heterocycles. The molecule has 0 aliphatic carbocycles. The van der Waals surface area contributed by atoms with Gasteiger partial charge < -0.3 is 10.2 Å². The monoisotopic (exact) mass is 250 g/mol. The molecule has 1 atom stereocenters. The van der Waals surface area contributed by atoms with Crippen LogP contribution in [0.4, 0.5) is 11.6 Å². The number of aryl methyl sites for hydroxylation is 1. The van der Waals surface area contributed by atoms with Crippen molar-refractivity contribution in [2.75, 3.05) is 23.8 Å². The third kappa shape index (κ3) is 3.59. The molecule has 0 aromatic carbocycles. The minimum Gasteiger partial charge on any atom is -0.370 e. The van der Waals surface area contributed by atoms with Crippen molar-refractivity contribution in [1.29, 1.82) is 0 Å². The Bertz CT molecular complexity index is 376. The van der Waals surface area contributed by atoms with Crippen LogP contribution in [0.1, 0.15) is 40.4 Å². The molecule has 18 heavy (non-hydrogen) atoms. The van der Waals surface area contributed by atoms with E-state index in [2.05, 4.69) is 61.9 Å². The Labute approximate surface area is 111 Å². The second-order valence-electron chi connectivity index (χ2n) is 5.01. The molecule has 0 saturated heterocycles. The van der Waals surface area contributed by atoms with E-state index in [4.69, 9.17) is 0 Å². The number of hydrogen-bond acceptors (Lipinski definition) is 4. The summed E-state index contributed by atoms with van der Waals surface area (Å²) >= 11 is 0. The normalized spacial score (nSPS) is 12.6. The fourth-order valence-electron chi connectivity index (χ4n) is 1.75. The molecule has 0 fully saturated rings. The van der Waals surface area contributed by atoms with Crippen LogP contribution in [-0.4, -0.2) is 29.6 Å². The van der Waals surface area contributed by atoms with Crippen molar-refractivity contribution >= 4 is 11.6 Å². The van der Waals surface area contributed by atoms with Gasteiger partial charge in [-0.1, -0.05) is 20.8 Å². The minimum absolute atomic E-state index is 0.457. The minimum atomic E-state index is 0.457. The average Bonchev–Trinajstić information content (AvgIpc) is 2.36. The van der Waals surface area contributed by atoms with Gasteiger partial charge in [0.2, 0.25) is 0 Å². The maximum atomic E-state index is 4.61. The highest BCUT2D eigenvalue weighted by Crippen LogP contribution is 2.20. The SMILES string of the molecule is CCNc1cc(N(C)C(C)C(C)C)nc(CC)n1. The van der Waals surface area contributed by atoms with Gasteiger partial charge in [0.15, 0.2) is 0 Å². The summed E-state index contributed by atoms with van der Waals surface area (Å²) in [4.78, 5) is 11.3. The van der Waals surface area contributed by atoms with Crippen LogP contribution in [0.3, 0.4) is 0 Å². The fraction of sp³-hybridized carbons (Fsp3) is 0.714. The standard InChI is InChI=1S/C14H26N4/c1-7-12-16-13(15-8-2)9-14(17-12)18(6)11(5)10(3)4/h9-11H,7-8H2,1-6H3,(H,15,16,17). The zero-order valence-corrected chi connectivity index (χ0v) is 12.5. The number of nitrogens with zero attached hydrogens (tertiary/aromatic N) is 3. The van der Waals surface area contributed by atoms with E-state index >= 15 is 0 Å². The molecule has 0 aliphatic rings. The average molecular weight is 250 g/mol. The summed E-state index contributed by atoms with van der Waals surface area (Å²) in [6.45, 7) is 11.7. The van der Waals surface area contributed by atoms with Crippen molar-refractivity contribution in [3.8, 4) is 0 Å². The van der Waals surface area contributed by atoms with Gasteiger partial charge in [-0.2, -0.15) is 0 Å². The zero-order chi connectivity index (χ0) is 13.7. The lowest BCUT2D eigenvalue weighted by atomic mass is 10.1. The zero-order valence-electron chi connectivity index (χ0n) is 12.5. The first-order chi connectivity index (χ1) is 8.49. The van der Waals surface area contributed by atoms with Crippen LogP contribution in [0.25, 0.3) is 0 Å². The maximum Gasteiger partial charge on any atom is 0.134 e. The van der Waals surface area contributed by atoms with E-state index in [0.717, 1.165) is 30.4 Å². The van der Waals surface area contributed by atoms with E-state index in [9.17, 15) is 0 Å². The number of nitrogens with one attached hydrogen (secondary N) is 1. The molecule has 0 saturated carbocycles. The number of hydrogen-bond donors (Lipinski definition) is 1. The molecular formula is C14H26N4. The number of rotatable bonds is 6. The van der Waals surface area contributed by atoms with E-state index in [-0.39, 0.29) is 0 Å². The Morgan fingerprint density at radius 3 is 2.39 bits per heavy atom.